The molecule has 2 aliphatic heterocycles. The van der Waals surface area contributed by atoms with Gasteiger partial charge in [0.1, 0.15) is 8.80 Å². The lowest BCUT2D eigenvalue weighted by Crippen LogP contribution is -2.67. The van der Waals surface area contributed by atoms with E-state index < -0.39 is 17.6 Å². The molecule has 2 aromatic rings. The molecule has 0 bridgehead atoms. The van der Waals surface area contributed by atoms with E-state index in [0.29, 0.717) is 0 Å². The standard InChI is InChI=1S/C25H36O2Si2/c1-28(2)24(17-9-11-19-26-24)21-25(18-10-12-20-27-25)29(22-13-5-3-6-14-22)23-15-7-4-8-16-23/h3-8,13-16,28-29H,9-12,17-21H2,1-2H3. The van der Waals surface area contributed by atoms with E-state index in [1.165, 1.54) is 48.9 Å². The van der Waals surface area contributed by atoms with Crippen molar-refractivity contribution in [2.24, 2.45) is 0 Å². The summed E-state index contributed by atoms with van der Waals surface area (Å²) in [5, 5.41) is 3.06. The van der Waals surface area contributed by atoms with Crippen LogP contribution in [0.25, 0.3) is 0 Å². The van der Waals surface area contributed by atoms with Crippen LogP contribution in [0.15, 0.2) is 60.7 Å². The van der Waals surface area contributed by atoms with Crippen molar-refractivity contribution < 1.29 is 9.47 Å². The molecule has 0 radical (unpaired) electrons. The average molecular weight is 425 g/mol. The number of benzene rings is 2. The van der Waals surface area contributed by atoms with Crippen molar-refractivity contribution in [2.45, 2.75) is 68.5 Å². The van der Waals surface area contributed by atoms with Gasteiger partial charge in [0, 0.05) is 13.2 Å². The Balaban J connectivity index is 1.80. The lowest BCUT2D eigenvalue weighted by atomic mass is 9.97. The zero-order valence-corrected chi connectivity index (χ0v) is 20.4. The van der Waals surface area contributed by atoms with Crippen molar-refractivity contribution in [3.63, 3.8) is 0 Å². The second-order valence-electron chi connectivity index (χ2n) is 9.33. The lowest BCUT2D eigenvalue weighted by Gasteiger charge is -2.51. The Bertz CT molecular complexity index is 711. The molecular formula is C25H36O2Si2. The molecule has 0 amide bonds. The molecule has 0 aromatic heterocycles. The Hall–Kier alpha value is -1.21. The average Bonchev–Trinajstić information content (AvgIpc) is 2.76. The summed E-state index contributed by atoms with van der Waals surface area (Å²) in [6, 6.07) is 22.5. The molecule has 2 fully saturated rings. The van der Waals surface area contributed by atoms with Gasteiger partial charge in [-0.1, -0.05) is 84.1 Å². The largest absolute Gasteiger partial charge is 0.379 e. The maximum atomic E-state index is 6.92. The van der Waals surface area contributed by atoms with E-state index in [1.807, 2.05) is 0 Å². The van der Waals surface area contributed by atoms with Crippen LogP contribution in [0.4, 0.5) is 0 Å². The highest BCUT2D eigenvalue weighted by Crippen LogP contribution is 2.41. The van der Waals surface area contributed by atoms with Gasteiger partial charge in [-0.2, -0.15) is 0 Å². The third-order valence-corrected chi connectivity index (χ3v) is 13.8. The molecule has 2 aromatic carbocycles. The maximum Gasteiger partial charge on any atom is 0.138 e. The number of rotatable bonds is 6. The molecule has 2 atom stereocenters. The summed E-state index contributed by atoms with van der Waals surface area (Å²) in [6.45, 7) is 6.82. The fraction of sp³-hybridized carbons (Fsp3) is 0.520. The highest BCUT2D eigenvalue weighted by Gasteiger charge is 2.51. The van der Waals surface area contributed by atoms with Crippen molar-refractivity contribution in [1.29, 1.82) is 0 Å². The molecule has 0 saturated carbocycles. The first-order valence-electron chi connectivity index (χ1n) is 11.5. The zero-order chi connectivity index (χ0) is 20.2. The molecule has 156 valence electrons. The molecule has 0 spiro atoms. The van der Waals surface area contributed by atoms with Crippen LogP contribution in [-0.2, 0) is 9.47 Å². The summed E-state index contributed by atoms with van der Waals surface area (Å²) in [6.07, 6.45) is 8.51. The van der Waals surface area contributed by atoms with E-state index in [9.17, 15) is 0 Å². The summed E-state index contributed by atoms with van der Waals surface area (Å²) >= 11 is 0. The van der Waals surface area contributed by atoms with E-state index >= 15 is 0 Å². The summed E-state index contributed by atoms with van der Waals surface area (Å²) in [4.78, 5) is 0. The summed E-state index contributed by atoms with van der Waals surface area (Å²) in [5.74, 6) is 0. The van der Waals surface area contributed by atoms with Gasteiger partial charge in [-0.05, 0) is 44.9 Å². The Kier molecular flexibility index (Phi) is 6.74. The second-order valence-corrected chi connectivity index (χ2v) is 15.9. The monoisotopic (exact) mass is 424 g/mol. The molecule has 2 nitrogen and oxygen atoms in total. The fourth-order valence-electron chi connectivity index (χ4n) is 5.61. The van der Waals surface area contributed by atoms with Crippen LogP contribution < -0.4 is 10.4 Å². The summed E-state index contributed by atoms with van der Waals surface area (Å²) in [7, 11) is -2.61. The van der Waals surface area contributed by atoms with Crippen LogP contribution in [0.2, 0.25) is 13.1 Å². The van der Waals surface area contributed by atoms with E-state index in [4.69, 9.17) is 9.47 Å². The van der Waals surface area contributed by atoms with Gasteiger partial charge in [-0.15, -0.1) is 0 Å². The van der Waals surface area contributed by atoms with Gasteiger partial charge in [0.2, 0.25) is 0 Å². The number of hydrogen-bond acceptors (Lipinski definition) is 2. The third kappa shape index (κ3) is 4.46. The van der Waals surface area contributed by atoms with Crippen LogP contribution in [0.5, 0.6) is 0 Å². The van der Waals surface area contributed by atoms with Crippen molar-refractivity contribution in [1.82, 2.24) is 0 Å². The highest BCUT2D eigenvalue weighted by molar-refractivity contribution is 6.87. The fourth-order valence-corrected chi connectivity index (χ4v) is 12.0. The van der Waals surface area contributed by atoms with E-state index in [-0.39, 0.29) is 10.4 Å². The topological polar surface area (TPSA) is 18.5 Å². The van der Waals surface area contributed by atoms with Gasteiger partial charge < -0.3 is 9.47 Å². The van der Waals surface area contributed by atoms with Gasteiger partial charge in [0.25, 0.3) is 0 Å². The quantitative estimate of drug-likeness (QED) is 0.656. The first-order valence-corrected chi connectivity index (χ1v) is 16.1. The first-order chi connectivity index (χ1) is 14.2. The van der Waals surface area contributed by atoms with Gasteiger partial charge in [-0.25, -0.2) is 0 Å². The van der Waals surface area contributed by atoms with E-state index in [2.05, 4.69) is 73.8 Å². The Morgan fingerprint density at radius 2 is 1.17 bits per heavy atom. The highest BCUT2D eigenvalue weighted by atomic mass is 28.3. The van der Waals surface area contributed by atoms with Gasteiger partial charge >= 0.3 is 0 Å². The van der Waals surface area contributed by atoms with Crippen molar-refractivity contribution in [3.05, 3.63) is 60.7 Å². The van der Waals surface area contributed by atoms with Crippen LogP contribution in [0.3, 0.4) is 0 Å². The van der Waals surface area contributed by atoms with Crippen LogP contribution >= 0.6 is 0 Å². The van der Waals surface area contributed by atoms with Crippen LogP contribution in [0, 0.1) is 0 Å². The zero-order valence-electron chi connectivity index (χ0n) is 18.1. The SMILES string of the molecule is C[SiH](C)C1(CC2([SiH](c3ccccc3)c3ccccc3)CCCCO2)CCCCO1. The molecule has 0 N–H and O–H groups in total. The van der Waals surface area contributed by atoms with Crippen molar-refractivity contribution in [3.8, 4) is 0 Å². The van der Waals surface area contributed by atoms with Crippen LogP contribution in [-0.4, -0.2) is 41.3 Å². The van der Waals surface area contributed by atoms with Gasteiger partial charge in [0.05, 0.1) is 19.2 Å². The molecule has 4 heteroatoms. The van der Waals surface area contributed by atoms with Gasteiger partial charge in [-0.3, -0.25) is 0 Å². The van der Waals surface area contributed by atoms with E-state index in [1.54, 1.807) is 0 Å². The molecule has 0 aliphatic carbocycles. The normalized spacial score (nSPS) is 28.0. The smallest absolute Gasteiger partial charge is 0.138 e. The summed E-state index contributed by atoms with van der Waals surface area (Å²) < 4.78 is 13.6. The first kappa shape index (κ1) is 21.0. The maximum absolute atomic E-state index is 6.92. The molecule has 4 rings (SSSR count). The minimum atomic E-state index is -1.60. The molecule has 2 aliphatic rings. The predicted octanol–water partition coefficient (Wildman–Crippen LogP) is 3.86. The molecule has 2 heterocycles. The lowest BCUT2D eigenvalue weighted by molar-refractivity contribution is -0.0963. The van der Waals surface area contributed by atoms with E-state index in [0.717, 1.165) is 19.6 Å². The Morgan fingerprint density at radius 3 is 1.59 bits per heavy atom. The van der Waals surface area contributed by atoms with Crippen molar-refractivity contribution in [2.75, 3.05) is 13.2 Å². The number of hydrogen-bond donors (Lipinski definition) is 0. The minimum absolute atomic E-state index is 0.0461. The molecule has 2 unspecified atom stereocenters. The van der Waals surface area contributed by atoms with Gasteiger partial charge in [0.15, 0.2) is 0 Å². The second kappa shape index (κ2) is 9.29. The van der Waals surface area contributed by atoms with Crippen LogP contribution in [0.1, 0.15) is 44.9 Å². The Morgan fingerprint density at radius 1 is 0.690 bits per heavy atom. The minimum Gasteiger partial charge on any atom is -0.379 e. The number of ether oxygens (including phenoxy) is 2. The Labute approximate surface area is 179 Å². The third-order valence-electron chi connectivity index (χ3n) is 7.21. The predicted molar refractivity (Wildman–Crippen MR) is 128 cm³/mol. The molecule has 29 heavy (non-hydrogen) atoms. The molecular weight excluding hydrogens is 388 g/mol. The van der Waals surface area contributed by atoms with Crippen molar-refractivity contribution >= 4 is 28.0 Å². The summed E-state index contributed by atoms with van der Waals surface area (Å²) in [5.41, 5.74) is 0. The molecule has 2 saturated heterocycles.